The molecule has 9 heteroatoms. The Hall–Kier alpha value is -2.41. The van der Waals surface area contributed by atoms with Crippen LogP contribution in [0.2, 0.25) is 5.02 Å². The van der Waals surface area contributed by atoms with Crippen LogP contribution in [0.3, 0.4) is 0 Å². The maximum Gasteiger partial charge on any atom is 0.230 e. The average Bonchev–Trinajstić information content (AvgIpc) is 3.55. The normalized spacial score (nSPS) is 14.2. The number of hydrogen-bond acceptors (Lipinski definition) is 5. The minimum atomic E-state index is -0.199. The molecule has 0 heterocycles. The first kappa shape index (κ1) is 26.2. The van der Waals surface area contributed by atoms with Crippen molar-refractivity contribution >= 4 is 52.1 Å². The lowest BCUT2D eigenvalue weighted by atomic mass is 10.1. The highest BCUT2D eigenvalue weighted by Gasteiger charge is 2.44. The number of ether oxygens (including phenoxy) is 2. The smallest absolute Gasteiger partial charge is 0.230 e. The summed E-state index contributed by atoms with van der Waals surface area (Å²) in [4.78, 5) is 17.7. The van der Waals surface area contributed by atoms with Crippen molar-refractivity contribution in [1.82, 2.24) is 0 Å². The molecule has 0 spiro atoms. The van der Waals surface area contributed by atoms with Gasteiger partial charge in [-0.2, -0.15) is 0 Å². The van der Waals surface area contributed by atoms with Crippen LogP contribution in [0.1, 0.15) is 37.8 Å². The zero-order valence-corrected chi connectivity index (χ0v) is 21.6. The van der Waals surface area contributed by atoms with Crippen LogP contribution >= 0.6 is 34.8 Å². The van der Waals surface area contributed by atoms with Crippen LogP contribution in [0, 0.1) is 5.41 Å². The lowest BCUT2D eigenvalue weighted by Gasteiger charge is -2.13. The largest absolute Gasteiger partial charge is 0.494 e. The molecule has 1 saturated carbocycles. The fraction of sp³-hybridized carbons (Fsp3) is 0.360. The summed E-state index contributed by atoms with van der Waals surface area (Å²) in [6.45, 7) is 4.36. The van der Waals surface area contributed by atoms with Crippen molar-refractivity contribution in [3.05, 3.63) is 63.1 Å². The van der Waals surface area contributed by atoms with Gasteiger partial charge < -0.3 is 19.6 Å². The number of benzene rings is 2. The van der Waals surface area contributed by atoms with Crippen molar-refractivity contribution in [2.45, 2.75) is 33.1 Å². The third kappa shape index (κ3) is 7.29. The highest BCUT2D eigenvalue weighted by Crippen LogP contribution is 2.45. The molecule has 0 aromatic heterocycles. The second-order valence-electron chi connectivity index (χ2n) is 8.26. The van der Waals surface area contributed by atoms with E-state index in [1.54, 1.807) is 19.1 Å². The van der Waals surface area contributed by atoms with E-state index in [-0.39, 0.29) is 22.4 Å². The third-order valence-corrected chi connectivity index (χ3v) is 6.13. The van der Waals surface area contributed by atoms with E-state index >= 15 is 0 Å². The van der Waals surface area contributed by atoms with Gasteiger partial charge in [0.15, 0.2) is 0 Å². The highest BCUT2D eigenvalue weighted by molar-refractivity contribution is 6.55. The third-order valence-electron chi connectivity index (χ3n) is 5.54. The van der Waals surface area contributed by atoms with Crippen molar-refractivity contribution in [3.8, 4) is 11.5 Å². The van der Waals surface area contributed by atoms with Crippen LogP contribution in [0.25, 0.3) is 0 Å². The molecule has 2 aromatic carbocycles. The van der Waals surface area contributed by atoms with Crippen LogP contribution in [0.4, 0.5) is 5.69 Å². The molecule has 0 saturated heterocycles. The zero-order valence-electron chi connectivity index (χ0n) is 19.3. The van der Waals surface area contributed by atoms with Crippen molar-refractivity contribution in [2.24, 2.45) is 10.6 Å². The molecule has 1 aliphatic carbocycles. The van der Waals surface area contributed by atoms with Gasteiger partial charge in [0, 0.05) is 29.2 Å². The number of nitrogens with zero attached hydrogens (tertiary/aromatic N) is 1. The Morgan fingerprint density at radius 3 is 2.53 bits per heavy atom. The molecule has 0 unspecified atom stereocenters. The molecule has 1 N–H and O–H groups in total. The van der Waals surface area contributed by atoms with Gasteiger partial charge in [-0.3, -0.25) is 4.79 Å². The van der Waals surface area contributed by atoms with Gasteiger partial charge in [-0.25, -0.2) is 0 Å². The summed E-state index contributed by atoms with van der Waals surface area (Å²) >= 11 is 17.6. The van der Waals surface area contributed by atoms with Crippen molar-refractivity contribution < 1.29 is 19.1 Å². The lowest BCUT2D eigenvalue weighted by Crippen LogP contribution is -2.21. The molecule has 1 fully saturated rings. The van der Waals surface area contributed by atoms with E-state index in [2.05, 4.69) is 10.5 Å². The van der Waals surface area contributed by atoms with Gasteiger partial charge in [0.05, 0.1) is 17.8 Å². The minimum Gasteiger partial charge on any atom is -0.494 e. The second kappa shape index (κ2) is 11.8. The Bertz CT molecular complexity index is 1080. The maximum atomic E-state index is 12.2. The Balaban J connectivity index is 1.56. The summed E-state index contributed by atoms with van der Waals surface area (Å²) in [6, 6.07) is 11.1. The lowest BCUT2D eigenvalue weighted by molar-refractivity contribution is -0.120. The molecule has 0 radical (unpaired) electrons. The molecule has 0 atom stereocenters. The van der Waals surface area contributed by atoms with Gasteiger partial charge in [0.2, 0.25) is 5.91 Å². The molecule has 0 bridgehead atoms. The molecule has 182 valence electrons. The number of carbonyl (C=O) groups excluding carboxylic acids is 1. The Labute approximate surface area is 214 Å². The van der Waals surface area contributed by atoms with Crippen molar-refractivity contribution in [2.75, 3.05) is 25.6 Å². The van der Waals surface area contributed by atoms with Gasteiger partial charge in [-0.15, -0.1) is 0 Å². The number of rotatable bonds is 11. The fourth-order valence-corrected chi connectivity index (χ4v) is 3.55. The van der Waals surface area contributed by atoms with E-state index in [0.717, 1.165) is 24.1 Å². The molecular formula is C25H27Cl3N2O4. The molecular weight excluding hydrogens is 499 g/mol. The first-order valence-electron chi connectivity index (χ1n) is 10.8. The topological polar surface area (TPSA) is 69.2 Å². The Morgan fingerprint density at radius 1 is 1.21 bits per heavy atom. The molecule has 0 aliphatic heterocycles. The average molecular weight is 526 g/mol. The predicted octanol–water partition coefficient (Wildman–Crippen LogP) is 6.77. The van der Waals surface area contributed by atoms with Gasteiger partial charge in [0.25, 0.3) is 0 Å². The molecule has 1 aliphatic rings. The van der Waals surface area contributed by atoms with E-state index < -0.39 is 0 Å². The summed E-state index contributed by atoms with van der Waals surface area (Å²) < 4.78 is 11.2. The number of hydrogen-bond donors (Lipinski definition) is 1. The zero-order chi connectivity index (χ0) is 24.7. The van der Waals surface area contributed by atoms with Gasteiger partial charge in [-0.1, -0.05) is 59.0 Å². The van der Waals surface area contributed by atoms with Gasteiger partial charge in [-0.05, 0) is 49.6 Å². The molecule has 1 amide bonds. The summed E-state index contributed by atoms with van der Waals surface area (Å²) in [5, 5.41) is 7.56. The summed E-state index contributed by atoms with van der Waals surface area (Å²) in [7, 11) is 1.53. The number of carbonyl (C=O) groups is 1. The van der Waals surface area contributed by atoms with E-state index in [9.17, 15) is 4.79 Å². The highest BCUT2D eigenvalue weighted by atomic mass is 35.5. The van der Waals surface area contributed by atoms with E-state index in [4.69, 9.17) is 49.1 Å². The number of halogens is 3. The number of methoxy groups -OCH3 is 1. The van der Waals surface area contributed by atoms with Gasteiger partial charge >= 0.3 is 0 Å². The Kier molecular flexibility index (Phi) is 9.11. The molecule has 2 aromatic rings. The summed E-state index contributed by atoms with van der Waals surface area (Å²) in [5.74, 6) is 1.07. The quantitative estimate of drug-likeness (QED) is 0.200. The van der Waals surface area contributed by atoms with Gasteiger partial charge in [0.1, 0.15) is 29.2 Å². The van der Waals surface area contributed by atoms with Crippen LogP contribution in [-0.4, -0.2) is 31.9 Å². The fourth-order valence-electron chi connectivity index (χ4n) is 3.14. The van der Waals surface area contributed by atoms with Crippen LogP contribution in [-0.2, 0) is 16.1 Å². The summed E-state index contributed by atoms with van der Waals surface area (Å²) in [5.41, 5.74) is 2.91. The number of nitrogens with one attached hydrogen (secondary N) is 1. The van der Waals surface area contributed by atoms with E-state index in [1.807, 2.05) is 31.2 Å². The number of amides is 1. The van der Waals surface area contributed by atoms with E-state index in [0.29, 0.717) is 40.8 Å². The van der Waals surface area contributed by atoms with Crippen molar-refractivity contribution in [1.29, 1.82) is 0 Å². The maximum absolute atomic E-state index is 12.2. The van der Waals surface area contributed by atoms with Crippen LogP contribution in [0.5, 0.6) is 11.5 Å². The predicted molar refractivity (Wildman–Crippen MR) is 138 cm³/mol. The molecule has 3 rings (SSSR count). The van der Waals surface area contributed by atoms with Crippen LogP contribution in [0.15, 0.2) is 52.1 Å². The summed E-state index contributed by atoms with van der Waals surface area (Å²) in [6.07, 6.45) is 4.09. The second-order valence-corrected chi connectivity index (χ2v) is 9.68. The molecule has 6 nitrogen and oxygen atoms in total. The molecule has 34 heavy (non-hydrogen) atoms. The first-order chi connectivity index (χ1) is 16.2. The first-order valence-corrected chi connectivity index (χ1v) is 11.9. The Morgan fingerprint density at radius 2 is 1.91 bits per heavy atom. The number of oxime groups is 1. The van der Waals surface area contributed by atoms with E-state index in [1.165, 1.54) is 13.2 Å². The minimum absolute atomic E-state index is 0.0812. The SMILES string of the molecule is COc1c(Cl)cc(OCC=C(Cl)Cl)cc1/C(C)=N/OCCc1ccc(NC(=O)C2(C)CC2)cc1. The number of anilines is 1. The standard InChI is InChI=1S/C25H27Cl3N2O4/c1-16(20-14-19(33-12-9-22(27)28)15-21(26)23(20)32-3)30-34-13-8-17-4-6-18(7-5-17)29-24(31)25(2)10-11-25/h4-7,9,14-15H,8,10-13H2,1-3H3,(H,29,31)/b30-16+. The van der Waals surface area contributed by atoms with Crippen LogP contribution < -0.4 is 14.8 Å². The van der Waals surface area contributed by atoms with Crippen molar-refractivity contribution in [3.63, 3.8) is 0 Å². The monoisotopic (exact) mass is 524 g/mol.